The number of carbonyl (C=O) groups excluding carboxylic acids is 2. The predicted octanol–water partition coefficient (Wildman–Crippen LogP) is 5.67. The van der Waals surface area contributed by atoms with Crippen molar-refractivity contribution in [3.8, 4) is 16.6 Å². The number of rotatable bonds is 5. The van der Waals surface area contributed by atoms with E-state index in [2.05, 4.69) is 4.98 Å². The third-order valence-corrected chi connectivity index (χ3v) is 6.99. The Morgan fingerprint density at radius 3 is 2.43 bits per heavy atom. The van der Waals surface area contributed by atoms with Gasteiger partial charge in [0, 0.05) is 11.3 Å². The minimum atomic E-state index is -0.974. The zero-order valence-corrected chi connectivity index (χ0v) is 19.7. The fourth-order valence-corrected chi connectivity index (χ4v) is 5.13. The number of amides is 1. The predicted molar refractivity (Wildman–Crippen MR) is 131 cm³/mol. The number of aromatic nitrogens is 1. The second kappa shape index (κ2) is 8.70. The van der Waals surface area contributed by atoms with Crippen LogP contribution in [0.25, 0.3) is 10.6 Å². The molecule has 1 aliphatic rings. The number of hydrogen-bond acceptors (Lipinski definition) is 7. The van der Waals surface area contributed by atoms with Crippen molar-refractivity contribution in [2.24, 2.45) is 0 Å². The molecule has 1 amide bonds. The average molecular weight is 482 g/mol. The molecule has 2 aromatic carbocycles. The number of thiazole rings is 1. The lowest BCUT2D eigenvalue weighted by Crippen LogP contribution is -2.30. The molecule has 0 saturated heterocycles. The van der Waals surface area contributed by atoms with E-state index >= 15 is 0 Å². The molecule has 5 rings (SSSR count). The van der Waals surface area contributed by atoms with Gasteiger partial charge in [0.05, 0.1) is 27.8 Å². The third-order valence-electron chi connectivity index (χ3n) is 5.78. The fraction of sp³-hybridized carbons (Fsp3) is 0.111. The standard InChI is InChI=1S/C27H19N3O4S/c1-15-8-13-20(34-15)22-21(24(32)27(33)30(22)19-11-9-17(14-28)10-12-19)23(31)25-16(2)29-26(35-25)18-6-4-3-5-7-18/h3-13,22,32H,1-2H3. The molecule has 1 unspecified atom stereocenters. The van der Waals surface area contributed by atoms with E-state index in [1.54, 1.807) is 50.2 Å². The molecule has 0 fully saturated rings. The van der Waals surface area contributed by atoms with Crippen LogP contribution in [0.3, 0.4) is 0 Å². The molecule has 7 nitrogen and oxygen atoms in total. The summed E-state index contributed by atoms with van der Waals surface area (Å²) in [6.07, 6.45) is 0. The van der Waals surface area contributed by atoms with Crippen molar-refractivity contribution in [3.63, 3.8) is 0 Å². The second-order valence-corrected chi connectivity index (χ2v) is 9.07. The Labute approximate surface area is 205 Å². The van der Waals surface area contributed by atoms with Crippen LogP contribution in [0.15, 0.2) is 82.5 Å². The van der Waals surface area contributed by atoms with Crippen LogP contribution in [0.4, 0.5) is 5.69 Å². The number of carbonyl (C=O) groups is 2. The summed E-state index contributed by atoms with van der Waals surface area (Å²) in [5.74, 6) is -0.887. The van der Waals surface area contributed by atoms with Gasteiger partial charge in [-0.05, 0) is 50.2 Å². The highest BCUT2D eigenvalue weighted by Crippen LogP contribution is 2.43. The van der Waals surface area contributed by atoms with Crippen molar-refractivity contribution in [1.29, 1.82) is 5.26 Å². The molecular weight excluding hydrogens is 462 g/mol. The largest absolute Gasteiger partial charge is 0.503 e. The summed E-state index contributed by atoms with van der Waals surface area (Å²) < 4.78 is 5.83. The van der Waals surface area contributed by atoms with E-state index in [9.17, 15) is 14.7 Å². The van der Waals surface area contributed by atoms with E-state index in [-0.39, 0.29) is 5.57 Å². The first-order chi connectivity index (χ1) is 16.9. The number of nitriles is 1. The number of aliphatic hydroxyl groups is 1. The molecule has 8 heteroatoms. The quantitative estimate of drug-likeness (QED) is 0.368. The summed E-state index contributed by atoms with van der Waals surface area (Å²) in [5, 5.41) is 20.7. The molecule has 4 aromatic rings. The number of furan rings is 1. The molecule has 2 aromatic heterocycles. The Balaban J connectivity index is 1.61. The van der Waals surface area contributed by atoms with Crippen LogP contribution in [-0.2, 0) is 4.79 Å². The summed E-state index contributed by atoms with van der Waals surface area (Å²) in [4.78, 5) is 33.3. The molecule has 3 heterocycles. The zero-order chi connectivity index (χ0) is 24.7. The normalized spacial score (nSPS) is 15.5. The van der Waals surface area contributed by atoms with Crippen LogP contribution in [0.2, 0.25) is 0 Å². The van der Waals surface area contributed by atoms with Gasteiger partial charge in [-0.25, -0.2) is 4.98 Å². The molecule has 35 heavy (non-hydrogen) atoms. The molecular formula is C27H19N3O4S. The van der Waals surface area contributed by atoms with Gasteiger partial charge in [0.15, 0.2) is 5.76 Å². The first-order valence-corrected chi connectivity index (χ1v) is 11.6. The van der Waals surface area contributed by atoms with E-state index in [0.29, 0.717) is 38.4 Å². The van der Waals surface area contributed by atoms with Crippen LogP contribution in [0, 0.1) is 25.2 Å². The summed E-state index contributed by atoms with van der Waals surface area (Å²) in [7, 11) is 0. The number of ketones is 1. The van der Waals surface area contributed by atoms with Crippen molar-refractivity contribution >= 4 is 28.7 Å². The van der Waals surface area contributed by atoms with Crippen LogP contribution in [0.1, 0.15) is 38.5 Å². The van der Waals surface area contributed by atoms with Crippen LogP contribution >= 0.6 is 11.3 Å². The van der Waals surface area contributed by atoms with E-state index < -0.39 is 23.5 Å². The van der Waals surface area contributed by atoms with Gasteiger partial charge in [0.2, 0.25) is 5.78 Å². The molecule has 0 radical (unpaired) electrons. The molecule has 172 valence electrons. The second-order valence-electron chi connectivity index (χ2n) is 8.08. The van der Waals surface area contributed by atoms with Crippen molar-refractivity contribution < 1.29 is 19.1 Å². The molecule has 1 aliphatic heterocycles. The highest BCUT2D eigenvalue weighted by molar-refractivity contribution is 7.17. The van der Waals surface area contributed by atoms with Crippen molar-refractivity contribution in [2.75, 3.05) is 4.90 Å². The van der Waals surface area contributed by atoms with Gasteiger partial charge in [-0.3, -0.25) is 14.5 Å². The van der Waals surface area contributed by atoms with Crippen LogP contribution in [0.5, 0.6) is 0 Å². The Hall–Kier alpha value is -4.48. The molecule has 1 atom stereocenters. The number of aryl methyl sites for hydroxylation is 2. The fourth-order valence-electron chi connectivity index (χ4n) is 4.10. The van der Waals surface area contributed by atoms with Gasteiger partial charge < -0.3 is 9.52 Å². The number of benzene rings is 2. The van der Waals surface area contributed by atoms with Crippen molar-refractivity contribution in [2.45, 2.75) is 19.9 Å². The summed E-state index contributed by atoms with van der Waals surface area (Å²) >= 11 is 1.21. The number of nitrogens with zero attached hydrogens (tertiary/aromatic N) is 3. The van der Waals surface area contributed by atoms with E-state index in [1.165, 1.54) is 16.2 Å². The Kier molecular flexibility index (Phi) is 5.55. The average Bonchev–Trinajstić information content (AvgIpc) is 3.55. The number of hydrogen-bond donors (Lipinski definition) is 1. The van der Waals surface area contributed by atoms with Crippen LogP contribution < -0.4 is 4.90 Å². The van der Waals surface area contributed by atoms with Gasteiger partial charge >= 0.3 is 0 Å². The van der Waals surface area contributed by atoms with Crippen LogP contribution in [-0.4, -0.2) is 21.8 Å². The number of Topliss-reactive ketones (excluding diaryl/α,β-unsaturated/α-hetero) is 1. The third kappa shape index (κ3) is 3.82. The highest BCUT2D eigenvalue weighted by Gasteiger charge is 2.46. The van der Waals surface area contributed by atoms with E-state index in [4.69, 9.17) is 9.68 Å². The van der Waals surface area contributed by atoms with Gasteiger partial charge in [-0.2, -0.15) is 5.26 Å². The number of anilines is 1. The molecule has 0 bridgehead atoms. The maximum Gasteiger partial charge on any atom is 0.294 e. The minimum absolute atomic E-state index is 0.0694. The molecule has 0 spiro atoms. The maximum absolute atomic E-state index is 13.8. The topological polar surface area (TPSA) is 107 Å². The summed E-state index contributed by atoms with van der Waals surface area (Å²) in [6, 6.07) is 20.3. The smallest absolute Gasteiger partial charge is 0.294 e. The zero-order valence-electron chi connectivity index (χ0n) is 18.9. The van der Waals surface area contributed by atoms with Gasteiger partial charge in [0.1, 0.15) is 22.6 Å². The molecule has 0 aliphatic carbocycles. The molecule has 0 saturated carbocycles. The van der Waals surface area contributed by atoms with E-state index in [1.807, 2.05) is 36.4 Å². The monoisotopic (exact) mass is 481 g/mol. The van der Waals surface area contributed by atoms with Crippen molar-refractivity contribution in [1.82, 2.24) is 4.98 Å². The summed E-state index contributed by atoms with van der Waals surface area (Å²) in [5.41, 5.74) is 2.16. The lowest BCUT2D eigenvalue weighted by atomic mass is 9.99. The highest BCUT2D eigenvalue weighted by atomic mass is 32.1. The van der Waals surface area contributed by atoms with Gasteiger partial charge in [-0.1, -0.05) is 30.3 Å². The number of aliphatic hydroxyl groups excluding tert-OH is 1. The first kappa shape index (κ1) is 22.3. The Bertz CT molecular complexity index is 1520. The lowest BCUT2D eigenvalue weighted by molar-refractivity contribution is -0.117. The van der Waals surface area contributed by atoms with E-state index in [0.717, 1.165) is 5.56 Å². The van der Waals surface area contributed by atoms with Crippen molar-refractivity contribution in [3.05, 3.63) is 106 Å². The SMILES string of the molecule is Cc1ccc(C2C(C(=O)c3sc(-c4ccccc4)nc3C)=C(O)C(=O)N2c2ccc(C#N)cc2)o1. The van der Waals surface area contributed by atoms with Gasteiger partial charge in [-0.15, -0.1) is 11.3 Å². The van der Waals surface area contributed by atoms with Gasteiger partial charge in [0.25, 0.3) is 5.91 Å². The minimum Gasteiger partial charge on any atom is -0.503 e. The maximum atomic E-state index is 13.8. The summed E-state index contributed by atoms with van der Waals surface area (Å²) in [6.45, 7) is 3.49. The Morgan fingerprint density at radius 1 is 1.09 bits per heavy atom. The molecule has 1 N–H and O–H groups in total. The lowest BCUT2D eigenvalue weighted by Gasteiger charge is -2.25. The Morgan fingerprint density at radius 2 is 1.80 bits per heavy atom. The first-order valence-electron chi connectivity index (χ1n) is 10.8.